The minimum atomic E-state index is 0.717. The van der Waals surface area contributed by atoms with E-state index in [0.717, 1.165) is 17.4 Å². The molecule has 2 fully saturated rings. The Balaban J connectivity index is 0.000000220. The van der Waals surface area contributed by atoms with Gasteiger partial charge in [0, 0.05) is 25.7 Å². The molecule has 22 heavy (non-hydrogen) atoms. The molecule has 0 aromatic carbocycles. The molecule has 0 unspecified atom stereocenters. The molecule has 2 rings (SSSR count). The van der Waals surface area contributed by atoms with E-state index in [0.29, 0.717) is 0 Å². The Kier molecular flexibility index (Phi) is 8.96. The van der Waals surface area contributed by atoms with E-state index in [-0.39, 0.29) is 0 Å². The molecule has 1 saturated heterocycles. The van der Waals surface area contributed by atoms with Crippen LogP contribution in [-0.2, 0) is 0 Å². The van der Waals surface area contributed by atoms with Crippen molar-refractivity contribution < 1.29 is 0 Å². The number of hydrogen-bond acceptors (Lipinski definition) is 3. The van der Waals surface area contributed by atoms with Gasteiger partial charge in [-0.2, -0.15) is 0 Å². The lowest BCUT2D eigenvalue weighted by Gasteiger charge is -2.43. The zero-order valence-corrected chi connectivity index (χ0v) is 16.1. The highest BCUT2D eigenvalue weighted by molar-refractivity contribution is 4.93. The summed E-state index contributed by atoms with van der Waals surface area (Å²) in [5.74, 6) is 0.794. The average molecular weight is 312 g/mol. The summed E-state index contributed by atoms with van der Waals surface area (Å²) >= 11 is 0. The molecule has 0 radical (unpaired) electrons. The van der Waals surface area contributed by atoms with Crippen LogP contribution in [0.5, 0.6) is 0 Å². The number of rotatable bonds is 9. The summed E-state index contributed by atoms with van der Waals surface area (Å²) in [4.78, 5) is 4.96. The Bertz CT molecular complexity index is 280. The zero-order valence-electron chi connectivity index (χ0n) is 16.1. The largest absolute Gasteiger partial charge is 0.316 e. The number of nitrogens with zero attached hydrogens (tertiary/aromatic N) is 2. The predicted molar refractivity (Wildman–Crippen MR) is 98.5 cm³/mol. The first-order valence-electron chi connectivity index (χ1n) is 9.59. The lowest BCUT2D eigenvalue weighted by atomic mass is 10.0. The average Bonchev–Trinajstić information content (AvgIpc) is 3.23. The lowest BCUT2D eigenvalue weighted by Crippen LogP contribution is -2.57. The lowest BCUT2D eigenvalue weighted by molar-refractivity contribution is 0.0561. The summed E-state index contributed by atoms with van der Waals surface area (Å²) in [6.45, 7) is 18.8. The SMILES string of the molecule is CCC1(CNCC(C)C)CC1.CCCN(CC)C1CN(C)C1. The van der Waals surface area contributed by atoms with Crippen LogP contribution < -0.4 is 5.32 Å². The van der Waals surface area contributed by atoms with Gasteiger partial charge in [0.05, 0.1) is 0 Å². The van der Waals surface area contributed by atoms with E-state index in [1.807, 2.05) is 0 Å². The molecular formula is C19H41N3. The van der Waals surface area contributed by atoms with Crippen molar-refractivity contribution in [1.82, 2.24) is 15.1 Å². The minimum Gasteiger partial charge on any atom is -0.316 e. The van der Waals surface area contributed by atoms with Crippen LogP contribution in [0, 0.1) is 11.3 Å². The quantitative estimate of drug-likeness (QED) is 0.703. The monoisotopic (exact) mass is 311 g/mol. The van der Waals surface area contributed by atoms with Gasteiger partial charge in [0.25, 0.3) is 0 Å². The van der Waals surface area contributed by atoms with E-state index in [2.05, 4.69) is 56.8 Å². The molecule has 0 aromatic heterocycles. The third-order valence-electron chi connectivity index (χ3n) is 5.24. The van der Waals surface area contributed by atoms with E-state index in [1.165, 1.54) is 65.0 Å². The van der Waals surface area contributed by atoms with Crippen molar-refractivity contribution in [1.29, 1.82) is 0 Å². The van der Waals surface area contributed by atoms with Crippen LogP contribution in [-0.4, -0.2) is 62.2 Å². The van der Waals surface area contributed by atoms with E-state index < -0.39 is 0 Å². The Labute approximate surface area is 139 Å². The fourth-order valence-electron chi connectivity index (χ4n) is 3.24. The van der Waals surface area contributed by atoms with Gasteiger partial charge >= 0.3 is 0 Å². The van der Waals surface area contributed by atoms with Gasteiger partial charge in [0.15, 0.2) is 0 Å². The molecule has 0 bridgehead atoms. The van der Waals surface area contributed by atoms with Crippen LogP contribution in [0.15, 0.2) is 0 Å². The summed E-state index contributed by atoms with van der Waals surface area (Å²) in [5.41, 5.74) is 0.717. The number of likely N-dealkylation sites (N-methyl/N-ethyl adjacent to an activating group) is 2. The summed E-state index contributed by atoms with van der Waals surface area (Å²) in [6.07, 6.45) is 5.55. The third-order valence-corrected chi connectivity index (χ3v) is 5.24. The third kappa shape index (κ3) is 6.97. The summed E-state index contributed by atoms with van der Waals surface area (Å²) in [5, 5.41) is 3.54. The van der Waals surface area contributed by atoms with Crippen LogP contribution >= 0.6 is 0 Å². The van der Waals surface area contributed by atoms with E-state index in [1.54, 1.807) is 0 Å². The van der Waals surface area contributed by atoms with Crippen LogP contribution in [0.2, 0.25) is 0 Å². The first-order valence-corrected chi connectivity index (χ1v) is 9.59. The molecule has 1 aliphatic heterocycles. The van der Waals surface area contributed by atoms with Crippen LogP contribution in [0.25, 0.3) is 0 Å². The summed E-state index contributed by atoms with van der Waals surface area (Å²) < 4.78 is 0. The highest BCUT2D eigenvalue weighted by Gasteiger charge is 2.39. The number of likely N-dealkylation sites (tertiary alicyclic amines) is 1. The van der Waals surface area contributed by atoms with E-state index in [4.69, 9.17) is 0 Å². The summed E-state index contributed by atoms with van der Waals surface area (Å²) in [6, 6.07) is 0.852. The molecule has 0 amide bonds. The van der Waals surface area contributed by atoms with Gasteiger partial charge in [-0.05, 0) is 63.7 Å². The second-order valence-corrected chi connectivity index (χ2v) is 7.88. The second kappa shape index (κ2) is 9.89. The maximum absolute atomic E-state index is 3.54. The molecular weight excluding hydrogens is 270 g/mol. The van der Waals surface area contributed by atoms with Crippen molar-refractivity contribution in [3.8, 4) is 0 Å². The molecule has 1 heterocycles. The maximum Gasteiger partial charge on any atom is 0.0350 e. The van der Waals surface area contributed by atoms with Gasteiger partial charge in [-0.15, -0.1) is 0 Å². The minimum absolute atomic E-state index is 0.717. The molecule has 0 atom stereocenters. The standard InChI is InChI=1S/C10H21N.C9H20N2/c1-4-10(5-6-10)8-11-7-9(2)3;1-4-6-11(5-2)9-7-10(3)8-9/h9,11H,4-8H2,1-3H3;9H,4-8H2,1-3H3. The van der Waals surface area contributed by atoms with Crippen molar-refractivity contribution in [2.45, 2.75) is 66.3 Å². The Morgan fingerprint density at radius 2 is 1.82 bits per heavy atom. The highest BCUT2D eigenvalue weighted by Crippen LogP contribution is 2.47. The molecule has 1 aliphatic carbocycles. The van der Waals surface area contributed by atoms with E-state index in [9.17, 15) is 0 Å². The van der Waals surface area contributed by atoms with Crippen LogP contribution in [0.4, 0.5) is 0 Å². The molecule has 132 valence electrons. The molecule has 3 nitrogen and oxygen atoms in total. The normalized spacial score (nSPS) is 20.7. The highest BCUT2D eigenvalue weighted by atomic mass is 15.3. The smallest absolute Gasteiger partial charge is 0.0350 e. The van der Waals surface area contributed by atoms with Crippen molar-refractivity contribution in [2.75, 3.05) is 46.3 Å². The van der Waals surface area contributed by atoms with Crippen molar-refractivity contribution in [2.24, 2.45) is 11.3 Å². The number of hydrogen-bond donors (Lipinski definition) is 1. The molecule has 3 heteroatoms. The van der Waals surface area contributed by atoms with Crippen molar-refractivity contribution in [3.05, 3.63) is 0 Å². The molecule has 0 aromatic rings. The van der Waals surface area contributed by atoms with Crippen LogP contribution in [0.1, 0.15) is 60.3 Å². The Hall–Kier alpha value is -0.120. The Morgan fingerprint density at radius 3 is 2.18 bits per heavy atom. The maximum atomic E-state index is 3.54. The zero-order chi connectivity index (χ0) is 16.6. The molecule has 1 saturated carbocycles. The molecule has 2 aliphatic rings. The first kappa shape index (κ1) is 19.9. The van der Waals surface area contributed by atoms with Crippen LogP contribution in [0.3, 0.4) is 0 Å². The van der Waals surface area contributed by atoms with E-state index >= 15 is 0 Å². The summed E-state index contributed by atoms with van der Waals surface area (Å²) in [7, 11) is 2.19. The first-order chi connectivity index (χ1) is 10.5. The fraction of sp³-hybridized carbons (Fsp3) is 1.00. The van der Waals surface area contributed by atoms with Gasteiger partial charge in [-0.1, -0.05) is 34.6 Å². The topological polar surface area (TPSA) is 18.5 Å². The molecule has 0 spiro atoms. The second-order valence-electron chi connectivity index (χ2n) is 7.88. The van der Waals surface area contributed by atoms with Gasteiger partial charge in [-0.3, -0.25) is 4.90 Å². The van der Waals surface area contributed by atoms with Crippen molar-refractivity contribution in [3.63, 3.8) is 0 Å². The molecule has 1 N–H and O–H groups in total. The van der Waals surface area contributed by atoms with Gasteiger partial charge in [0.2, 0.25) is 0 Å². The van der Waals surface area contributed by atoms with Gasteiger partial charge < -0.3 is 10.2 Å². The van der Waals surface area contributed by atoms with Gasteiger partial charge in [-0.25, -0.2) is 0 Å². The van der Waals surface area contributed by atoms with Gasteiger partial charge in [0.1, 0.15) is 0 Å². The Morgan fingerprint density at radius 1 is 1.18 bits per heavy atom. The number of nitrogens with one attached hydrogen (secondary N) is 1. The fourth-order valence-corrected chi connectivity index (χ4v) is 3.24. The predicted octanol–water partition coefficient (Wildman–Crippen LogP) is 3.45. The van der Waals surface area contributed by atoms with Crippen molar-refractivity contribution >= 4 is 0 Å².